The van der Waals surface area contributed by atoms with Crippen molar-refractivity contribution < 1.29 is 0 Å². The fraction of sp³-hybridized carbons (Fsp3) is 0.455. The summed E-state index contributed by atoms with van der Waals surface area (Å²) in [7, 11) is 0. The highest BCUT2D eigenvalue weighted by atomic mass is 79.9. The molecule has 14 heavy (non-hydrogen) atoms. The van der Waals surface area contributed by atoms with Crippen molar-refractivity contribution in [2.75, 3.05) is 13.1 Å². The Morgan fingerprint density at radius 3 is 2.93 bits per heavy atom. The van der Waals surface area contributed by atoms with Gasteiger partial charge in [0, 0.05) is 15.9 Å². The number of nitrogens with one attached hydrogen (secondary N) is 1. The zero-order valence-corrected chi connectivity index (χ0v) is 11.0. The highest BCUT2D eigenvalue weighted by Gasteiger charge is 1.95. The van der Waals surface area contributed by atoms with E-state index in [4.69, 9.17) is 0 Å². The predicted molar refractivity (Wildman–Crippen MR) is 68.8 cm³/mol. The molecule has 1 nitrogen and oxygen atoms in total. The molecule has 0 aliphatic rings. The normalized spacial score (nSPS) is 11.7. The third-order valence-electron chi connectivity index (χ3n) is 1.73. The fourth-order valence-electron chi connectivity index (χ4n) is 1.05. The first-order valence-corrected chi connectivity index (χ1v) is 6.47. The van der Waals surface area contributed by atoms with E-state index in [-0.39, 0.29) is 0 Å². The fourth-order valence-corrected chi connectivity index (χ4v) is 2.47. The Hall–Kier alpha value is -0.120. The molecule has 3 heteroatoms. The van der Waals surface area contributed by atoms with E-state index in [1.807, 2.05) is 0 Å². The van der Waals surface area contributed by atoms with Crippen LogP contribution in [-0.2, 0) is 0 Å². The summed E-state index contributed by atoms with van der Waals surface area (Å²) in [6, 6.07) is 2.08. The topological polar surface area (TPSA) is 12.0 Å². The van der Waals surface area contributed by atoms with E-state index in [1.165, 1.54) is 9.35 Å². The van der Waals surface area contributed by atoms with Crippen LogP contribution in [0, 0.1) is 5.92 Å². The third kappa shape index (κ3) is 4.40. The number of thiophene rings is 1. The van der Waals surface area contributed by atoms with Gasteiger partial charge in [-0.1, -0.05) is 19.9 Å². The van der Waals surface area contributed by atoms with E-state index >= 15 is 0 Å². The minimum absolute atomic E-state index is 0.719. The summed E-state index contributed by atoms with van der Waals surface area (Å²) in [6.07, 6.45) is 4.32. The van der Waals surface area contributed by atoms with Crippen molar-refractivity contribution in [3.63, 3.8) is 0 Å². The van der Waals surface area contributed by atoms with Crippen molar-refractivity contribution in [2.24, 2.45) is 5.92 Å². The summed E-state index contributed by atoms with van der Waals surface area (Å²) in [5.41, 5.74) is 0. The van der Waals surface area contributed by atoms with Crippen LogP contribution >= 0.6 is 27.3 Å². The molecule has 0 saturated carbocycles. The van der Waals surface area contributed by atoms with Gasteiger partial charge in [-0.05, 0) is 45.9 Å². The van der Waals surface area contributed by atoms with Crippen molar-refractivity contribution in [1.29, 1.82) is 0 Å². The average Bonchev–Trinajstić information content (AvgIpc) is 2.51. The smallest absolute Gasteiger partial charge is 0.0409 e. The molecule has 1 aromatic heterocycles. The molecule has 0 amide bonds. The first-order valence-electron chi connectivity index (χ1n) is 4.80. The molecule has 0 atom stereocenters. The van der Waals surface area contributed by atoms with Gasteiger partial charge in [0.05, 0.1) is 0 Å². The molecule has 0 bridgehead atoms. The van der Waals surface area contributed by atoms with Crippen LogP contribution in [0.5, 0.6) is 0 Å². The summed E-state index contributed by atoms with van der Waals surface area (Å²) in [5.74, 6) is 0.719. The van der Waals surface area contributed by atoms with Crippen molar-refractivity contribution >= 4 is 33.3 Å². The minimum atomic E-state index is 0.719. The Balaban J connectivity index is 2.25. The van der Waals surface area contributed by atoms with Crippen molar-refractivity contribution in [2.45, 2.75) is 13.8 Å². The third-order valence-corrected chi connectivity index (χ3v) is 3.56. The van der Waals surface area contributed by atoms with Crippen LogP contribution in [0.2, 0.25) is 0 Å². The van der Waals surface area contributed by atoms with Gasteiger partial charge in [0.2, 0.25) is 0 Å². The molecule has 0 aliphatic carbocycles. The lowest BCUT2D eigenvalue weighted by Crippen LogP contribution is -2.19. The second kappa shape index (κ2) is 6.38. The zero-order valence-electron chi connectivity index (χ0n) is 8.59. The monoisotopic (exact) mass is 273 g/mol. The second-order valence-corrected chi connectivity index (χ2v) is 5.39. The van der Waals surface area contributed by atoms with Gasteiger partial charge >= 0.3 is 0 Å². The molecule has 0 radical (unpaired) electrons. The predicted octanol–water partition coefficient (Wildman–Crippen LogP) is 3.77. The van der Waals surface area contributed by atoms with Gasteiger partial charge in [0.1, 0.15) is 0 Å². The van der Waals surface area contributed by atoms with E-state index in [0.29, 0.717) is 0 Å². The Morgan fingerprint density at radius 1 is 1.57 bits per heavy atom. The van der Waals surface area contributed by atoms with Crippen LogP contribution < -0.4 is 5.32 Å². The van der Waals surface area contributed by atoms with E-state index in [0.717, 1.165) is 19.0 Å². The summed E-state index contributed by atoms with van der Waals surface area (Å²) in [5, 5.41) is 5.46. The maximum atomic E-state index is 3.50. The van der Waals surface area contributed by atoms with Crippen LogP contribution in [-0.4, -0.2) is 13.1 Å². The van der Waals surface area contributed by atoms with Crippen molar-refractivity contribution in [3.05, 3.63) is 26.9 Å². The highest BCUT2D eigenvalue weighted by molar-refractivity contribution is 9.10. The van der Waals surface area contributed by atoms with Gasteiger partial charge in [0.25, 0.3) is 0 Å². The van der Waals surface area contributed by atoms with Crippen LogP contribution in [0.3, 0.4) is 0 Å². The molecule has 0 aliphatic heterocycles. The highest BCUT2D eigenvalue weighted by Crippen LogP contribution is 2.23. The second-order valence-electron chi connectivity index (χ2n) is 3.59. The molecule has 1 N–H and O–H groups in total. The molecule has 0 fully saturated rings. The lowest BCUT2D eigenvalue weighted by molar-refractivity contribution is 0.577. The quantitative estimate of drug-likeness (QED) is 0.806. The zero-order chi connectivity index (χ0) is 10.4. The van der Waals surface area contributed by atoms with E-state index in [9.17, 15) is 0 Å². The standard InChI is InChI=1S/C11H16BrNS/c1-9(2)8-13-6-3-4-11-10(12)5-7-14-11/h3-5,7,9,13H,6,8H2,1-2H3/b4-3+. The lowest BCUT2D eigenvalue weighted by atomic mass is 10.2. The molecule has 0 aromatic carbocycles. The van der Waals surface area contributed by atoms with Gasteiger partial charge < -0.3 is 5.32 Å². The Kier molecular flexibility index (Phi) is 5.45. The molecular weight excluding hydrogens is 258 g/mol. The van der Waals surface area contributed by atoms with Gasteiger partial charge in [-0.3, -0.25) is 0 Å². The lowest BCUT2D eigenvalue weighted by Gasteiger charge is -2.03. The average molecular weight is 274 g/mol. The number of rotatable bonds is 5. The van der Waals surface area contributed by atoms with Crippen LogP contribution in [0.1, 0.15) is 18.7 Å². The van der Waals surface area contributed by atoms with E-state index < -0.39 is 0 Å². The SMILES string of the molecule is CC(C)CNC/C=C/c1sccc1Br. The van der Waals surface area contributed by atoms with Gasteiger partial charge in [-0.2, -0.15) is 0 Å². The molecule has 0 spiro atoms. The van der Waals surface area contributed by atoms with Gasteiger partial charge in [0.15, 0.2) is 0 Å². The number of halogens is 1. The Bertz CT molecular complexity index is 291. The van der Waals surface area contributed by atoms with Crippen LogP contribution in [0.4, 0.5) is 0 Å². The maximum absolute atomic E-state index is 3.50. The molecule has 0 unspecified atom stereocenters. The van der Waals surface area contributed by atoms with E-state index in [1.54, 1.807) is 11.3 Å². The Labute approximate surface area is 98.4 Å². The molecular formula is C11H16BrNS. The molecule has 1 rings (SSSR count). The summed E-state index contributed by atoms with van der Waals surface area (Å²) < 4.78 is 1.18. The summed E-state index contributed by atoms with van der Waals surface area (Å²) >= 11 is 5.25. The number of hydrogen-bond donors (Lipinski definition) is 1. The summed E-state index contributed by atoms with van der Waals surface area (Å²) in [4.78, 5) is 1.29. The minimum Gasteiger partial charge on any atom is -0.313 e. The Morgan fingerprint density at radius 2 is 2.36 bits per heavy atom. The first-order chi connectivity index (χ1) is 6.70. The van der Waals surface area contributed by atoms with Gasteiger partial charge in [-0.15, -0.1) is 11.3 Å². The number of hydrogen-bond acceptors (Lipinski definition) is 2. The maximum Gasteiger partial charge on any atom is 0.0409 e. The van der Waals surface area contributed by atoms with E-state index in [2.05, 4.69) is 58.7 Å². The van der Waals surface area contributed by atoms with Crippen molar-refractivity contribution in [1.82, 2.24) is 5.32 Å². The molecule has 78 valence electrons. The van der Waals surface area contributed by atoms with Crippen LogP contribution in [0.25, 0.3) is 6.08 Å². The molecule has 0 saturated heterocycles. The largest absolute Gasteiger partial charge is 0.313 e. The van der Waals surface area contributed by atoms with Crippen molar-refractivity contribution in [3.8, 4) is 0 Å². The van der Waals surface area contributed by atoms with Crippen LogP contribution in [0.15, 0.2) is 22.0 Å². The first kappa shape index (κ1) is 12.0. The summed E-state index contributed by atoms with van der Waals surface area (Å²) in [6.45, 7) is 6.46. The molecule has 1 heterocycles. The van der Waals surface area contributed by atoms with Gasteiger partial charge in [-0.25, -0.2) is 0 Å². The molecule has 1 aromatic rings.